The van der Waals surface area contributed by atoms with Crippen molar-refractivity contribution in [3.8, 4) is 0 Å². The van der Waals surface area contributed by atoms with Crippen molar-refractivity contribution in [1.82, 2.24) is 9.97 Å². The molecule has 0 unspecified atom stereocenters. The van der Waals surface area contributed by atoms with Crippen LogP contribution in [0.15, 0.2) is 42.5 Å². The highest BCUT2D eigenvalue weighted by Gasteiger charge is 2.14. The molecule has 5 nitrogen and oxygen atoms in total. The molecule has 2 N–H and O–H groups in total. The molecule has 0 fully saturated rings. The molecule has 7 heteroatoms. The summed E-state index contributed by atoms with van der Waals surface area (Å²) in [6, 6.07) is 10.4. The summed E-state index contributed by atoms with van der Waals surface area (Å²) in [5, 5.41) is 5.54. The first-order valence-corrected chi connectivity index (χ1v) is 8.27. The van der Waals surface area contributed by atoms with Crippen LogP contribution in [-0.2, 0) is 0 Å². The van der Waals surface area contributed by atoms with Crippen LogP contribution in [0.2, 0.25) is 0 Å². The zero-order valence-corrected chi connectivity index (χ0v) is 15.1. The normalized spacial score (nSPS) is 10.6. The molecule has 0 radical (unpaired) electrons. The van der Waals surface area contributed by atoms with E-state index in [4.69, 9.17) is 0 Å². The maximum absolute atomic E-state index is 13.7. The first-order valence-electron chi connectivity index (χ1n) is 8.27. The molecule has 27 heavy (non-hydrogen) atoms. The summed E-state index contributed by atoms with van der Waals surface area (Å²) < 4.78 is 26.7. The lowest BCUT2D eigenvalue weighted by Crippen LogP contribution is -2.16. The summed E-state index contributed by atoms with van der Waals surface area (Å²) in [7, 11) is 0. The van der Waals surface area contributed by atoms with Crippen molar-refractivity contribution in [3.05, 3.63) is 76.7 Å². The molecule has 1 aromatic heterocycles. The minimum absolute atomic E-state index is 0.0677. The van der Waals surface area contributed by atoms with E-state index in [1.54, 1.807) is 6.92 Å². The Balaban J connectivity index is 1.84. The van der Waals surface area contributed by atoms with E-state index in [-0.39, 0.29) is 11.4 Å². The Hall–Kier alpha value is -3.35. The average molecular weight is 368 g/mol. The highest BCUT2D eigenvalue weighted by molar-refractivity contribution is 6.03. The first kappa shape index (κ1) is 18.4. The van der Waals surface area contributed by atoms with E-state index >= 15 is 0 Å². The van der Waals surface area contributed by atoms with Gasteiger partial charge in [0.15, 0.2) is 0 Å². The van der Waals surface area contributed by atoms with Gasteiger partial charge in [0.2, 0.25) is 0 Å². The Morgan fingerprint density at radius 3 is 2.30 bits per heavy atom. The van der Waals surface area contributed by atoms with Crippen molar-refractivity contribution in [1.29, 1.82) is 0 Å². The lowest BCUT2D eigenvalue weighted by molar-refractivity contribution is 0.102. The highest BCUT2D eigenvalue weighted by atomic mass is 19.1. The minimum Gasteiger partial charge on any atom is -0.340 e. The number of aryl methyl sites for hydroxylation is 3. The second kappa shape index (κ2) is 7.49. The summed E-state index contributed by atoms with van der Waals surface area (Å²) in [5.74, 6) is -1.37. The first-order chi connectivity index (χ1) is 12.8. The number of nitrogens with zero attached hydrogens (tertiary/aromatic N) is 2. The van der Waals surface area contributed by atoms with Crippen molar-refractivity contribution in [3.63, 3.8) is 0 Å². The second-order valence-electron chi connectivity index (χ2n) is 6.27. The molecule has 138 valence electrons. The average Bonchev–Trinajstić information content (AvgIpc) is 2.55. The van der Waals surface area contributed by atoms with Gasteiger partial charge in [-0.3, -0.25) is 4.79 Å². The van der Waals surface area contributed by atoms with E-state index in [9.17, 15) is 13.6 Å². The summed E-state index contributed by atoms with van der Waals surface area (Å²) in [6.45, 7) is 5.63. The maximum atomic E-state index is 13.7. The van der Waals surface area contributed by atoms with Crippen LogP contribution < -0.4 is 10.6 Å². The third kappa shape index (κ3) is 4.63. The zero-order chi connectivity index (χ0) is 19.6. The molecule has 1 heterocycles. The second-order valence-corrected chi connectivity index (χ2v) is 6.27. The molecule has 0 saturated heterocycles. The van der Waals surface area contributed by atoms with Gasteiger partial charge in [0.1, 0.15) is 29.0 Å². The molecule has 3 aromatic rings. The Labute approximate surface area is 155 Å². The summed E-state index contributed by atoms with van der Waals surface area (Å²) in [4.78, 5) is 20.8. The van der Waals surface area contributed by atoms with Crippen LogP contribution in [-0.4, -0.2) is 15.9 Å². The van der Waals surface area contributed by atoms with Gasteiger partial charge < -0.3 is 10.6 Å². The van der Waals surface area contributed by atoms with E-state index in [0.29, 0.717) is 17.7 Å². The van der Waals surface area contributed by atoms with Gasteiger partial charge in [0.25, 0.3) is 5.91 Å². The van der Waals surface area contributed by atoms with Gasteiger partial charge in [-0.05, 0) is 56.2 Å². The summed E-state index contributed by atoms with van der Waals surface area (Å²) >= 11 is 0. The van der Waals surface area contributed by atoms with Gasteiger partial charge >= 0.3 is 0 Å². The number of benzene rings is 2. The molecule has 2 aromatic carbocycles. The molecule has 0 saturated carbocycles. The van der Waals surface area contributed by atoms with Crippen molar-refractivity contribution in [2.45, 2.75) is 20.8 Å². The number of hydrogen-bond donors (Lipinski definition) is 2. The fraction of sp³-hybridized carbons (Fsp3) is 0.150. The van der Waals surface area contributed by atoms with Crippen LogP contribution in [0.5, 0.6) is 0 Å². The lowest BCUT2D eigenvalue weighted by atomic mass is 10.1. The van der Waals surface area contributed by atoms with Crippen LogP contribution in [0.4, 0.5) is 26.0 Å². The van der Waals surface area contributed by atoms with Crippen molar-refractivity contribution >= 4 is 23.1 Å². The third-order valence-corrected chi connectivity index (χ3v) is 3.74. The van der Waals surface area contributed by atoms with Gasteiger partial charge in [-0.25, -0.2) is 18.7 Å². The number of nitrogens with one attached hydrogen (secondary N) is 2. The number of halogens is 2. The molecular formula is C20H18F2N4O. The molecule has 0 bridgehead atoms. The number of rotatable bonds is 4. The van der Waals surface area contributed by atoms with Gasteiger partial charge in [-0.2, -0.15) is 0 Å². The standard InChI is InChI=1S/C20H18F2N4O/c1-11-6-12(2)8-15(7-11)25-19-10-18(23-13(3)24-19)20(27)26-17-5-4-14(21)9-16(17)22/h4-10H,1-3H3,(H,26,27)(H,23,24,25). The van der Waals surface area contributed by atoms with Gasteiger partial charge in [0.05, 0.1) is 5.69 Å². The number of carbonyl (C=O) groups excluding carboxylic acids is 1. The molecule has 0 spiro atoms. The predicted molar refractivity (Wildman–Crippen MR) is 100 cm³/mol. The maximum Gasteiger partial charge on any atom is 0.274 e. The number of aromatic nitrogens is 2. The van der Waals surface area contributed by atoms with E-state index in [1.807, 2.05) is 32.0 Å². The Morgan fingerprint density at radius 2 is 1.63 bits per heavy atom. The molecule has 0 aliphatic rings. The molecule has 0 aliphatic carbocycles. The number of carbonyl (C=O) groups is 1. The number of amides is 1. The topological polar surface area (TPSA) is 66.9 Å². The fourth-order valence-corrected chi connectivity index (χ4v) is 2.72. The van der Waals surface area contributed by atoms with Gasteiger partial charge in [0, 0.05) is 17.8 Å². The predicted octanol–water partition coefficient (Wildman–Crippen LogP) is 4.68. The van der Waals surface area contributed by atoms with E-state index in [1.165, 1.54) is 6.07 Å². The number of anilines is 3. The lowest BCUT2D eigenvalue weighted by Gasteiger charge is -2.11. The molecule has 3 rings (SSSR count). The molecule has 1 amide bonds. The summed E-state index contributed by atoms with van der Waals surface area (Å²) in [6.07, 6.45) is 0. The minimum atomic E-state index is -0.859. The molecule has 0 aliphatic heterocycles. The van der Waals surface area contributed by atoms with E-state index < -0.39 is 17.5 Å². The van der Waals surface area contributed by atoms with Crippen LogP contribution in [0.1, 0.15) is 27.4 Å². The van der Waals surface area contributed by atoms with E-state index in [2.05, 4.69) is 20.6 Å². The molecule has 0 atom stereocenters. The largest absolute Gasteiger partial charge is 0.340 e. The van der Waals surface area contributed by atoms with Gasteiger partial charge in [-0.15, -0.1) is 0 Å². The van der Waals surface area contributed by atoms with Crippen LogP contribution in [0.3, 0.4) is 0 Å². The SMILES string of the molecule is Cc1cc(C)cc(Nc2cc(C(=O)Nc3ccc(F)cc3F)nc(C)n2)c1. The van der Waals surface area contributed by atoms with Crippen LogP contribution >= 0.6 is 0 Å². The smallest absolute Gasteiger partial charge is 0.274 e. The molecular weight excluding hydrogens is 350 g/mol. The third-order valence-electron chi connectivity index (χ3n) is 3.74. The quantitative estimate of drug-likeness (QED) is 0.702. The highest BCUT2D eigenvalue weighted by Crippen LogP contribution is 2.20. The monoisotopic (exact) mass is 368 g/mol. The van der Waals surface area contributed by atoms with Crippen LogP contribution in [0, 0.1) is 32.4 Å². The Morgan fingerprint density at radius 1 is 0.926 bits per heavy atom. The van der Waals surface area contributed by atoms with Crippen molar-refractivity contribution in [2.75, 3.05) is 10.6 Å². The van der Waals surface area contributed by atoms with Gasteiger partial charge in [-0.1, -0.05) is 6.07 Å². The Bertz CT molecular complexity index is 1000. The van der Waals surface area contributed by atoms with Crippen molar-refractivity contribution < 1.29 is 13.6 Å². The zero-order valence-electron chi connectivity index (χ0n) is 15.1. The Kier molecular flexibility index (Phi) is 5.12. The van der Waals surface area contributed by atoms with Crippen molar-refractivity contribution in [2.24, 2.45) is 0 Å². The summed E-state index contributed by atoms with van der Waals surface area (Å²) in [5.41, 5.74) is 2.96. The van der Waals surface area contributed by atoms with E-state index in [0.717, 1.165) is 28.9 Å². The fourth-order valence-electron chi connectivity index (χ4n) is 2.72. The number of hydrogen-bond acceptors (Lipinski definition) is 4. The van der Waals surface area contributed by atoms with Crippen LogP contribution in [0.25, 0.3) is 0 Å².